The third kappa shape index (κ3) is 2.11. The van der Waals surface area contributed by atoms with Crippen LogP contribution in [0.25, 0.3) is 0 Å². The largest absolute Gasteiger partial charge is 0.508 e. The zero-order chi connectivity index (χ0) is 10.1. The highest BCUT2D eigenvalue weighted by atomic mass is 35.7. The summed E-state index contributed by atoms with van der Waals surface area (Å²) < 4.78 is 21.7. The average molecular weight is 218 g/mol. The van der Waals surface area contributed by atoms with Crippen LogP contribution in [0.5, 0.6) is 5.75 Å². The lowest BCUT2D eigenvalue weighted by Crippen LogP contribution is -1.94. The van der Waals surface area contributed by atoms with Crippen molar-refractivity contribution < 1.29 is 13.5 Å². The molecule has 0 aliphatic rings. The number of phenols is 1. The lowest BCUT2D eigenvalue weighted by atomic mass is 10.2. The summed E-state index contributed by atoms with van der Waals surface area (Å²) in [7, 11) is 1.11. The van der Waals surface area contributed by atoms with E-state index in [0.29, 0.717) is 0 Å². The van der Waals surface area contributed by atoms with Gasteiger partial charge in [-0.05, 0) is 18.2 Å². The number of halogens is 1. The molecular weight excluding hydrogens is 214 g/mol. The van der Waals surface area contributed by atoms with Gasteiger partial charge in [-0.15, -0.1) is 0 Å². The first-order chi connectivity index (χ1) is 5.95. The number of hydrogen-bond acceptors (Lipinski definition) is 4. The van der Waals surface area contributed by atoms with Gasteiger partial charge in [-0.3, -0.25) is 0 Å². The van der Waals surface area contributed by atoms with Crippen molar-refractivity contribution in [1.29, 1.82) is 5.26 Å². The molecule has 0 fully saturated rings. The molecule has 6 heteroatoms. The first kappa shape index (κ1) is 9.84. The van der Waals surface area contributed by atoms with Gasteiger partial charge in [0.05, 0.1) is 5.56 Å². The molecule has 0 aliphatic heterocycles. The van der Waals surface area contributed by atoms with E-state index in [9.17, 15) is 8.42 Å². The molecule has 0 saturated heterocycles. The molecule has 0 heterocycles. The van der Waals surface area contributed by atoms with Crippen LogP contribution < -0.4 is 0 Å². The van der Waals surface area contributed by atoms with E-state index in [-0.39, 0.29) is 16.2 Å². The molecule has 1 aromatic rings. The summed E-state index contributed by atoms with van der Waals surface area (Å²) in [5.41, 5.74) is -0.171. The fourth-order valence-electron chi connectivity index (χ4n) is 0.818. The second-order valence-electron chi connectivity index (χ2n) is 2.23. The Morgan fingerprint density at radius 3 is 2.54 bits per heavy atom. The maximum Gasteiger partial charge on any atom is 0.262 e. The Bertz CT molecular complexity index is 475. The minimum Gasteiger partial charge on any atom is -0.508 e. The predicted octanol–water partition coefficient (Wildman–Crippen LogP) is 1.19. The van der Waals surface area contributed by atoms with Gasteiger partial charge >= 0.3 is 0 Å². The van der Waals surface area contributed by atoms with Crippen LogP contribution in [0, 0.1) is 11.3 Å². The maximum atomic E-state index is 10.9. The molecular formula is C7H4ClNO3S. The number of rotatable bonds is 1. The van der Waals surface area contributed by atoms with E-state index in [0.717, 1.165) is 18.2 Å². The Kier molecular flexibility index (Phi) is 2.45. The molecule has 0 bridgehead atoms. The van der Waals surface area contributed by atoms with Crippen LogP contribution in [0.3, 0.4) is 0 Å². The van der Waals surface area contributed by atoms with Gasteiger partial charge in [0.15, 0.2) is 0 Å². The topological polar surface area (TPSA) is 78.2 Å². The van der Waals surface area contributed by atoms with Crippen LogP contribution in [0.2, 0.25) is 0 Å². The third-order valence-corrected chi connectivity index (χ3v) is 2.73. The molecule has 68 valence electrons. The van der Waals surface area contributed by atoms with Crippen molar-refractivity contribution in [2.24, 2.45) is 0 Å². The van der Waals surface area contributed by atoms with E-state index >= 15 is 0 Å². The van der Waals surface area contributed by atoms with Crippen molar-refractivity contribution in [3.05, 3.63) is 23.8 Å². The number of aromatic hydroxyl groups is 1. The summed E-state index contributed by atoms with van der Waals surface area (Å²) in [6, 6.07) is 4.88. The molecule has 0 aliphatic carbocycles. The van der Waals surface area contributed by atoms with Crippen molar-refractivity contribution >= 4 is 19.7 Å². The first-order valence-corrected chi connectivity index (χ1v) is 5.44. The molecule has 0 unspecified atom stereocenters. The Balaban J connectivity index is 3.50. The van der Waals surface area contributed by atoms with E-state index in [4.69, 9.17) is 21.1 Å². The number of nitrogens with zero attached hydrogens (tertiary/aromatic N) is 1. The second-order valence-corrected chi connectivity index (χ2v) is 4.76. The van der Waals surface area contributed by atoms with Crippen molar-refractivity contribution in [2.45, 2.75) is 4.90 Å². The molecule has 1 N–H and O–H groups in total. The van der Waals surface area contributed by atoms with Crippen LogP contribution in [-0.2, 0) is 9.05 Å². The zero-order valence-corrected chi connectivity index (χ0v) is 7.80. The fourth-order valence-corrected chi connectivity index (χ4v) is 1.82. The molecule has 0 aromatic heterocycles. The predicted molar refractivity (Wildman–Crippen MR) is 45.9 cm³/mol. The Morgan fingerprint density at radius 2 is 2.08 bits per heavy atom. The summed E-state index contributed by atoms with van der Waals surface area (Å²) in [5.74, 6) is -0.180. The Labute approximate surface area is 79.4 Å². The molecule has 1 aromatic carbocycles. The maximum absolute atomic E-state index is 10.9. The summed E-state index contributed by atoms with van der Waals surface area (Å²) in [6.07, 6.45) is 0. The van der Waals surface area contributed by atoms with Gasteiger partial charge < -0.3 is 5.11 Å². The van der Waals surface area contributed by atoms with E-state index in [1.807, 2.05) is 0 Å². The average Bonchev–Trinajstić information content (AvgIpc) is 2.01. The van der Waals surface area contributed by atoms with Gasteiger partial charge in [0.1, 0.15) is 16.7 Å². The van der Waals surface area contributed by atoms with Crippen LogP contribution in [0.1, 0.15) is 5.56 Å². The summed E-state index contributed by atoms with van der Waals surface area (Å²) in [6.45, 7) is 0. The second kappa shape index (κ2) is 3.24. The zero-order valence-electron chi connectivity index (χ0n) is 6.23. The fraction of sp³-hybridized carbons (Fsp3) is 0. The Morgan fingerprint density at radius 1 is 1.46 bits per heavy atom. The normalized spacial score (nSPS) is 10.8. The lowest BCUT2D eigenvalue weighted by molar-refractivity contribution is 0.474. The van der Waals surface area contributed by atoms with E-state index in [2.05, 4.69) is 0 Å². The number of nitriles is 1. The number of hydrogen-bond donors (Lipinski definition) is 1. The van der Waals surface area contributed by atoms with Crippen molar-refractivity contribution in [3.63, 3.8) is 0 Å². The van der Waals surface area contributed by atoms with E-state index in [1.165, 1.54) is 0 Å². The SMILES string of the molecule is N#Cc1cc(O)ccc1S(=O)(=O)Cl. The lowest BCUT2D eigenvalue weighted by Gasteiger charge is -1.98. The van der Waals surface area contributed by atoms with Crippen LogP contribution in [-0.4, -0.2) is 13.5 Å². The van der Waals surface area contributed by atoms with Gasteiger partial charge in [-0.2, -0.15) is 5.26 Å². The van der Waals surface area contributed by atoms with Crippen LogP contribution >= 0.6 is 10.7 Å². The minimum absolute atomic E-state index is 0.171. The standard InChI is InChI=1S/C7H4ClNO3S/c8-13(11,12)7-2-1-6(10)3-5(7)4-9/h1-3,10H. The van der Waals surface area contributed by atoms with Gasteiger partial charge in [0.25, 0.3) is 9.05 Å². The molecule has 0 amide bonds. The van der Waals surface area contributed by atoms with Gasteiger partial charge in [-0.25, -0.2) is 8.42 Å². The highest BCUT2D eigenvalue weighted by molar-refractivity contribution is 8.13. The molecule has 13 heavy (non-hydrogen) atoms. The van der Waals surface area contributed by atoms with Crippen molar-refractivity contribution in [3.8, 4) is 11.8 Å². The van der Waals surface area contributed by atoms with E-state index in [1.54, 1.807) is 6.07 Å². The highest BCUT2D eigenvalue weighted by Crippen LogP contribution is 2.22. The first-order valence-electron chi connectivity index (χ1n) is 3.13. The summed E-state index contributed by atoms with van der Waals surface area (Å²) >= 11 is 0. The molecule has 1 rings (SSSR count). The molecule has 4 nitrogen and oxygen atoms in total. The van der Waals surface area contributed by atoms with Gasteiger partial charge in [-0.1, -0.05) is 0 Å². The smallest absolute Gasteiger partial charge is 0.262 e. The molecule has 0 radical (unpaired) electrons. The monoisotopic (exact) mass is 217 g/mol. The quantitative estimate of drug-likeness (QED) is 0.717. The molecule has 0 saturated carbocycles. The summed E-state index contributed by atoms with van der Waals surface area (Å²) in [5, 5.41) is 17.5. The number of phenolic OH excluding ortho intramolecular Hbond substituents is 1. The van der Waals surface area contributed by atoms with Crippen molar-refractivity contribution in [2.75, 3.05) is 0 Å². The van der Waals surface area contributed by atoms with Gasteiger partial charge in [0, 0.05) is 10.7 Å². The van der Waals surface area contributed by atoms with Crippen LogP contribution in [0.15, 0.2) is 23.1 Å². The molecule has 0 spiro atoms. The van der Waals surface area contributed by atoms with Crippen molar-refractivity contribution in [1.82, 2.24) is 0 Å². The van der Waals surface area contributed by atoms with Crippen LogP contribution in [0.4, 0.5) is 0 Å². The summed E-state index contributed by atoms with van der Waals surface area (Å²) in [4.78, 5) is -0.297. The van der Waals surface area contributed by atoms with E-state index < -0.39 is 9.05 Å². The number of benzene rings is 1. The Hall–Kier alpha value is -1.25. The molecule has 0 atom stereocenters. The minimum atomic E-state index is -3.92. The van der Waals surface area contributed by atoms with Gasteiger partial charge in [0.2, 0.25) is 0 Å². The highest BCUT2D eigenvalue weighted by Gasteiger charge is 2.15. The third-order valence-electron chi connectivity index (χ3n) is 1.35.